The first kappa shape index (κ1) is 13.3. The summed E-state index contributed by atoms with van der Waals surface area (Å²) in [6.07, 6.45) is 5.84. The van der Waals surface area contributed by atoms with Gasteiger partial charge in [-0.3, -0.25) is 4.90 Å². The summed E-state index contributed by atoms with van der Waals surface area (Å²) < 4.78 is 0. The smallest absolute Gasteiger partial charge is 0.156 e. The molecule has 0 bridgehead atoms. The zero-order chi connectivity index (χ0) is 12.0. The van der Waals surface area contributed by atoms with E-state index < -0.39 is 0 Å². The molecule has 0 saturated carbocycles. The lowest BCUT2D eigenvalue weighted by Gasteiger charge is -2.36. The predicted molar refractivity (Wildman–Crippen MR) is 66.7 cm³/mol. The molecule has 0 aliphatic carbocycles. The highest BCUT2D eigenvalue weighted by Gasteiger charge is 2.27. The molecule has 0 amide bonds. The molecule has 1 saturated heterocycles. The molecule has 1 rings (SSSR count). The van der Waals surface area contributed by atoms with Crippen LogP contribution in [-0.2, 0) is 0 Å². The van der Waals surface area contributed by atoms with Crippen LogP contribution in [0.3, 0.4) is 0 Å². The average Bonchev–Trinajstić information content (AvgIpc) is 2.35. The second kappa shape index (κ2) is 6.74. The molecular weight excluding hydrogens is 202 g/mol. The second-order valence-electron chi connectivity index (χ2n) is 4.71. The maximum absolute atomic E-state index is 8.79. The highest BCUT2D eigenvalue weighted by molar-refractivity contribution is 5.85. The number of likely N-dealkylation sites (tertiary alicyclic amines) is 1. The first-order chi connectivity index (χ1) is 7.72. The van der Waals surface area contributed by atoms with Crippen LogP contribution in [0.5, 0.6) is 0 Å². The molecule has 3 N–H and O–H groups in total. The summed E-state index contributed by atoms with van der Waals surface area (Å²) in [6.45, 7) is 6.62. The van der Waals surface area contributed by atoms with Gasteiger partial charge in [-0.2, -0.15) is 0 Å². The molecule has 1 unspecified atom stereocenters. The number of rotatable bonds is 5. The zero-order valence-corrected chi connectivity index (χ0v) is 10.5. The maximum Gasteiger partial charge on any atom is 0.156 e. The third-order valence-corrected chi connectivity index (χ3v) is 3.72. The van der Waals surface area contributed by atoms with E-state index in [1.165, 1.54) is 25.7 Å². The molecular formula is C12H25N3O. The number of nitrogens with zero attached hydrogens (tertiary/aromatic N) is 2. The summed E-state index contributed by atoms with van der Waals surface area (Å²) >= 11 is 0. The Morgan fingerprint density at radius 1 is 1.44 bits per heavy atom. The van der Waals surface area contributed by atoms with Gasteiger partial charge in [0.05, 0.1) is 6.04 Å². The molecule has 1 heterocycles. The lowest BCUT2D eigenvalue weighted by atomic mass is 9.96. The standard InChI is InChI=1S/C12H25N3O/c1-3-10(4-2)9-15-8-6-5-7-11(15)12(13)14-16/h10-11,16H,3-9H2,1-2H3,(H2,13,14). The van der Waals surface area contributed by atoms with Crippen LogP contribution < -0.4 is 5.73 Å². The lowest BCUT2D eigenvalue weighted by molar-refractivity contribution is 0.156. The Bertz CT molecular complexity index is 226. The Morgan fingerprint density at radius 2 is 2.12 bits per heavy atom. The van der Waals surface area contributed by atoms with E-state index in [0.717, 1.165) is 25.4 Å². The van der Waals surface area contributed by atoms with Crippen molar-refractivity contribution in [1.82, 2.24) is 4.90 Å². The van der Waals surface area contributed by atoms with E-state index in [1.807, 2.05) is 0 Å². The van der Waals surface area contributed by atoms with Crippen LogP contribution in [0.4, 0.5) is 0 Å². The Hall–Kier alpha value is -0.770. The van der Waals surface area contributed by atoms with Crippen LogP contribution in [0.25, 0.3) is 0 Å². The third-order valence-electron chi connectivity index (χ3n) is 3.72. The minimum absolute atomic E-state index is 0.152. The van der Waals surface area contributed by atoms with Crippen molar-refractivity contribution < 1.29 is 5.21 Å². The average molecular weight is 227 g/mol. The van der Waals surface area contributed by atoms with Crippen molar-refractivity contribution in [1.29, 1.82) is 0 Å². The summed E-state index contributed by atoms with van der Waals surface area (Å²) in [5.74, 6) is 1.11. The van der Waals surface area contributed by atoms with Crippen LogP contribution in [0, 0.1) is 5.92 Å². The first-order valence-corrected chi connectivity index (χ1v) is 6.44. The van der Waals surface area contributed by atoms with Crippen LogP contribution in [0.15, 0.2) is 5.16 Å². The monoisotopic (exact) mass is 227 g/mol. The van der Waals surface area contributed by atoms with Gasteiger partial charge in [-0.1, -0.05) is 38.3 Å². The summed E-state index contributed by atoms with van der Waals surface area (Å²) in [4.78, 5) is 2.39. The molecule has 94 valence electrons. The molecule has 1 fully saturated rings. The minimum atomic E-state index is 0.152. The fourth-order valence-electron chi connectivity index (χ4n) is 2.49. The first-order valence-electron chi connectivity index (χ1n) is 6.44. The molecule has 0 aromatic heterocycles. The second-order valence-corrected chi connectivity index (χ2v) is 4.71. The molecule has 0 aromatic rings. The van der Waals surface area contributed by atoms with Gasteiger partial charge in [-0.05, 0) is 25.3 Å². The van der Waals surface area contributed by atoms with E-state index >= 15 is 0 Å². The van der Waals surface area contributed by atoms with Gasteiger partial charge < -0.3 is 10.9 Å². The topological polar surface area (TPSA) is 61.8 Å². The van der Waals surface area contributed by atoms with E-state index in [2.05, 4.69) is 23.9 Å². The van der Waals surface area contributed by atoms with Gasteiger partial charge in [0.15, 0.2) is 5.84 Å². The quantitative estimate of drug-likeness (QED) is 0.327. The highest BCUT2D eigenvalue weighted by atomic mass is 16.4. The van der Waals surface area contributed by atoms with Gasteiger partial charge in [-0.25, -0.2) is 0 Å². The van der Waals surface area contributed by atoms with Crippen molar-refractivity contribution in [2.24, 2.45) is 16.8 Å². The summed E-state index contributed by atoms with van der Waals surface area (Å²) in [5, 5.41) is 12.0. The Kier molecular flexibility index (Phi) is 5.60. The van der Waals surface area contributed by atoms with E-state index in [9.17, 15) is 0 Å². The molecule has 1 atom stereocenters. The lowest BCUT2D eigenvalue weighted by Crippen LogP contribution is -2.49. The largest absolute Gasteiger partial charge is 0.409 e. The van der Waals surface area contributed by atoms with Gasteiger partial charge in [0.25, 0.3) is 0 Å². The van der Waals surface area contributed by atoms with E-state index in [4.69, 9.17) is 10.9 Å². The normalized spacial score (nSPS) is 23.9. The molecule has 0 spiro atoms. The number of amidine groups is 1. The van der Waals surface area contributed by atoms with Crippen LogP contribution in [0.1, 0.15) is 46.0 Å². The molecule has 4 nitrogen and oxygen atoms in total. The fourth-order valence-corrected chi connectivity index (χ4v) is 2.49. The van der Waals surface area contributed by atoms with Gasteiger partial charge >= 0.3 is 0 Å². The predicted octanol–water partition coefficient (Wildman–Crippen LogP) is 2.02. The molecule has 1 aliphatic rings. The molecule has 0 aromatic carbocycles. The van der Waals surface area contributed by atoms with Crippen molar-refractivity contribution >= 4 is 5.84 Å². The molecule has 4 heteroatoms. The third kappa shape index (κ3) is 3.37. The Morgan fingerprint density at radius 3 is 2.69 bits per heavy atom. The van der Waals surface area contributed by atoms with Crippen molar-refractivity contribution in [3.8, 4) is 0 Å². The van der Waals surface area contributed by atoms with Crippen LogP contribution >= 0.6 is 0 Å². The van der Waals surface area contributed by atoms with E-state index in [1.54, 1.807) is 0 Å². The number of piperidine rings is 1. The number of hydrogen-bond acceptors (Lipinski definition) is 3. The number of hydrogen-bond donors (Lipinski definition) is 2. The van der Waals surface area contributed by atoms with Crippen molar-refractivity contribution in [3.63, 3.8) is 0 Å². The Labute approximate surface area is 98.5 Å². The van der Waals surface area contributed by atoms with Crippen molar-refractivity contribution in [2.75, 3.05) is 13.1 Å². The fraction of sp³-hybridized carbons (Fsp3) is 0.917. The Balaban J connectivity index is 2.59. The van der Waals surface area contributed by atoms with Crippen LogP contribution in [0.2, 0.25) is 0 Å². The number of nitrogens with two attached hydrogens (primary N) is 1. The summed E-state index contributed by atoms with van der Waals surface area (Å²) in [5.41, 5.74) is 5.76. The van der Waals surface area contributed by atoms with Crippen LogP contribution in [-0.4, -0.2) is 35.1 Å². The van der Waals surface area contributed by atoms with Gasteiger partial charge in [-0.15, -0.1) is 0 Å². The maximum atomic E-state index is 8.79. The summed E-state index contributed by atoms with van der Waals surface area (Å²) in [6, 6.07) is 0.152. The minimum Gasteiger partial charge on any atom is -0.409 e. The van der Waals surface area contributed by atoms with Crippen molar-refractivity contribution in [2.45, 2.75) is 52.0 Å². The van der Waals surface area contributed by atoms with Gasteiger partial charge in [0, 0.05) is 6.54 Å². The SMILES string of the molecule is CCC(CC)CN1CCCCC1C(N)=NO. The molecule has 0 radical (unpaired) electrons. The van der Waals surface area contributed by atoms with Gasteiger partial charge in [0.2, 0.25) is 0 Å². The summed E-state index contributed by atoms with van der Waals surface area (Å²) in [7, 11) is 0. The molecule has 16 heavy (non-hydrogen) atoms. The number of oxime groups is 1. The van der Waals surface area contributed by atoms with E-state index in [0.29, 0.717) is 5.84 Å². The van der Waals surface area contributed by atoms with Crippen molar-refractivity contribution in [3.05, 3.63) is 0 Å². The molecule has 1 aliphatic heterocycles. The highest BCUT2D eigenvalue weighted by Crippen LogP contribution is 2.20. The van der Waals surface area contributed by atoms with E-state index in [-0.39, 0.29) is 6.04 Å². The zero-order valence-electron chi connectivity index (χ0n) is 10.5. The van der Waals surface area contributed by atoms with Gasteiger partial charge in [0.1, 0.15) is 0 Å².